The van der Waals surface area contributed by atoms with Gasteiger partial charge in [0, 0.05) is 19.0 Å². The van der Waals surface area contributed by atoms with Crippen LogP contribution in [0.25, 0.3) is 0 Å². The molecule has 0 aliphatic heterocycles. The Morgan fingerprint density at radius 2 is 1.73 bits per heavy atom. The average molecular weight is 435 g/mol. The van der Waals surface area contributed by atoms with Gasteiger partial charge in [-0.05, 0) is 45.7 Å². The topological polar surface area (TPSA) is 102 Å². The fourth-order valence-corrected chi connectivity index (χ4v) is 2.42. The van der Waals surface area contributed by atoms with Crippen molar-refractivity contribution in [3.05, 3.63) is 23.3 Å². The summed E-state index contributed by atoms with van der Waals surface area (Å²) in [6.45, 7) is 5.75. The minimum Gasteiger partial charge on any atom is -0.478 e. The molecule has 0 aliphatic rings. The molecule has 8 nitrogen and oxygen atoms in total. The smallest absolute Gasteiger partial charge is 0.478 e. The molecule has 30 heavy (non-hydrogen) atoms. The van der Waals surface area contributed by atoms with Crippen molar-refractivity contribution in [2.45, 2.75) is 52.5 Å². The summed E-state index contributed by atoms with van der Waals surface area (Å²) in [5, 5.41) is 9.51. The van der Waals surface area contributed by atoms with Crippen LogP contribution in [-0.4, -0.2) is 48.8 Å². The third-order valence-electron chi connectivity index (χ3n) is 3.64. The Morgan fingerprint density at radius 3 is 2.20 bits per heavy atom. The van der Waals surface area contributed by atoms with Gasteiger partial charge in [-0.1, -0.05) is 0 Å². The first kappa shape index (κ1) is 25.1. The summed E-state index contributed by atoms with van der Waals surface area (Å²) in [6.07, 6.45) is -6.06. The van der Waals surface area contributed by atoms with E-state index in [1.54, 1.807) is 20.8 Å². The molecule has 0 spiro atoms. The SMILES string of the molecule is COC(=O)CCCN(C(=O)OC(C)(C)C)c1cc(OC(F)(F)F)c(C)cc1C(=O)O. The Bertz CT molecular complexity index is 801. The van der Waals surface area contributed by atoms with Crippen LogP contribution in [0.2, 0.25) is 0 Å². The fourth-order valence-electron chi connectivity index (χ4n) is 2.42. The van der Waals surface area contributed by atoms with Gasteiger partial charge < -0.3 is 19.3 Å². The Kier molecular flexibility index (Phi) is 8.09. The lowest BCUT2D eigenvalue weighted by atomic mass is 10.1. The van der Waals surface area contributed by atoms with Gasteiger partial charge in [-0.15, -0.1) is 13.2 Å². The average Bonchev–Trinajstić information content (AvgIpc) is 2.57. The predicted octanol–water partition coefficient (Wildman–Crippen LogP) is 4.29. The van der Waals surface area contributed by atoms with E-state index in [9.17, 15) is 32.7 Å². The van der Waals surface area contributed by atoms with Gasteiger partial charge >= 0.3 is 24.4 Å². The van der Waals surface area contributed by atoms with Gasteiger partial charge in [0.25, 0.3) is 0 Å². The van der Waals surface area contributed by atoms with Gasteiger partial charge in [0.15, 0.2) is 0 Å². The van der Waals surface area contributed by atoms with E-state index >= 15 is 0 Å². The summed E-state index contributed by atoms with van der Waals surface area (Å²) < 4.78 is 51.9. The first-order valence-corrected chi connectivity index (χ1v) is 8.85. The van der Waals surface area contributed by atoms with E-state index < -0.39 is 41.3 Å². The van der Waals surface area contributed by atoms with Gasteiger partial charge in [-0.2, -0.15) is 0 Å². The van der Waals surface area contributed by atoms with Crippen LogP contribution in [0, 0.1) is 6.92 Å². The number of methoxy groups -OCH3 is 1. The maximum Gasteiger partial charge on any atom is 0.573 e. The normalized spacial score (nSPS) is 11.6. The highest BCUT2D eigenvalue weighted by Gasteiger charge is 2.34. The Labute approximate surface area is 171 Å². The number of ether oxygens (including phenoxy) is 3. The molecule has 1 aromatic rings. The molecule has 0 fully saturated rings. The molecule has 0 aromatic heterocycles. The number of carboxylic acid groups (broad SMARTS) is 1. The quantitative estimate of drug-likeness (QED) is 0.638. The molecule has 1 N–H and O–H groups in total. The van der Waals surface area contributed by atoms with Crippen LogP contribution >= 0.6 is 0 Å². The van der Waals surface area contributed by atoms with Crippen molar-refractivity contribution in [3.63, 3.8) is 0 Å². The number of esters is 1. The summed E-state index contributed by atoms with van der Waals surface area (Å²) >= 11 is 0. The maximum atomic E-state index is 12.7. The minimum absolute atomic E-state index is 0.0499. The first-order valence-electron chi connectivity index (χ1n) is 8.85. The molecule has 11 heteroatoms. The third kappa shape index (κ3) is 7.80. The van der Waals surface area contributed by atoms with E-state index in [1.165, 1.54) is 14.0 Å². The molecule has 1 aromatic carbocycles. The van der Waals surface area contributed by atoms with Crippen molar-refractivity contribution in [3.8, 4) is 5.75 Å². The molecule has 1 amide bonds. The number of alkyl halides is 3. The second-order valence-corrected chi connectivity index (χ2v) is 7.30. The van der Waals surface area contributed by atoms with Crippen LogP contribution < -0.4 is 9.64 Å². The monoisotopic (exact) mass is 435 g/mol. The minimum atomic E-state index is -5.02. The summed E-state index contributed by atoms with van der Waals surface area (Å²) in [7, 11) is 1.18. The molecule has 0 bridgehead atoms. The number of anilines is 1. The zero-order valence-corrected chi connectivity index (χ0v) is 17.3. The molecular formula is C19H24F3NO7. The number of amides is 1. The van der Waals surface area contributed by atoms with Crippen molar-refractivity contribution in [1.29, 1.82) is 0 Å². The number of rotatable bonds is 7. The molecule has 0 unspecified atom stereocenters. The van der Waals surface area contributed by atoms with E-state index in [0.29, 0.717) is 0 Å². The molecule has 1 rings (SSSR count). The number of aromatic carboxylic acids is 1. The highest BCUT2D eigenvalue weighted by atomic mass is 19.4. The van der Waals surface area contributed by atoms with Gasteiger partial charge in [-0.3, -0.25) is 9.69 Å². The molecule has 0 atom stereocenters. The molecule has 168 valence electrons. The highest BCUT2D eigenvalue weighted by Crippen LogP contribution is 2.34. The number of carbonyl (C=O) groups is 3. The summed E-state index contributed by atoms with van der Waals surface area (Å²) in [5.74, 6) is -2.69. The summed E-state index contributed by atoms with van der Waals surface area (Å²) in [4.78, 5) is 36.6. The van der Waals surface area contributed by atoms with Crippen molar-refractivity contribution in [2.75, 3.05) is 18.6 Å². The van der Waals surface area contributed by atoms with Crippen LogP contribution in [0.1, 0.15) is 49.5 Å². The van der Waals surface area contributed by atoms with Crippen molar-refractivity contribution in [2.24, 2.45) is 0 Å². The van der Waals surface area contributed by atoms with Crippen LogP contribution in [0.15, 0.2) is 12.1 Å². The molecule has 0 saturated heterocycles. The summed E-state index contributed by atoms with van der Waals surface area (Å²) in [5.41, 5.74) is -1.83. The molecular weight excluding hydrogens is 411 g/mol. The van der Waals surface area contributed by atoms with Crippen molar-refractivity contribution < 1.29 is 46.9 Å². The summed E-state index contributed by atoms with van der Waals surface area (Å²) in [6, 6.07) is 1.78. The zero-order chi connectivity index (χ0) is 23.3. The van der Waals surface area contributed by atoms with Crippen molar-refractivity contribution in [1.82, 2.24) is 0 Å². The fraction of sp³-hybridized carbons (Fsp3) is 0.526. The number of halogens is 3. The van der Waals surface area contributed by atoms with Gasteiger partial charge in [0.1, 0.15) is 11.4 Å². The lowest BCUT2D eigenvalue weighted by Gasteiger charge is -2.29. The van der Waals surface area contributed by atoms with Crippen LogP contribution in [-0.2, 0) is 14.3 Å². The highest BCUT2D eigenvalue weighted by molar-refractivity contribution is 6.00. The van der Waals surface area contributed by atoms with Gasteiger partial charge in [-0.25, -0.2) is 9.59 Å². The number of hydrogen-bond donors (Lipinski definition) is 1. The number of nitrogens with zero attached hydrogens (tertiary/aromatic N) is 1. The zero-order valence-electron chi connectivity index (χ0n) is 17.3. The lowest BCUT2D eigenvalue weighted by molar-refractivity contribution is -0.274. The number of aryl methyl sites for hydroxylation is 1. The number of benzene rings is 1. The standard InChI is InChI=1S/C19H24F3NO7/c1-11-9-12(16(25)26)13(10-14(11)29-19(20,21)22)23(8-6-7-15(24)28-5)17(27)30-18(2,3)4/h9-10H,6-8H2,1-5H3,(H,25,26). The van der Waals surface area contributed by atoms with Crippen molar-refractivity contribution >= 4 is 23.7 Å². The first-order chi connectivity index (χ1) is 13.6. The molecule has 0 radical (unpaired) electrons. The Balaban J connectivity index is 3.46. The maximum absolute atomic E-state index is 12.7. The van der Waals surface area contributed by atoms with Crippen LogP contribution in [0.3, 0.4) is 0 Å². The predicted molar refractivity (Wildman–Crippen MR) is 99.7 cm³/mol. The molecule has 0 heterocycles. The molecule has 0 aliphatic carbocycles. The van der Waals surface area contributed by atoms with Crippen LogP contribution in [0.4, 0.5) is 23.7 Å². The number of carboxylic acids is 1. The second-order valence-electron chi connectivity index (χ2n) is 7.30. The number of hydrogen-bond acceptors (Lipinski definition) is 6. The lowest BCUT2D eigenvalue weighted by Crippen LogP contribution is -2.38. The second kappa shape index (κ2) is 9.68. The number of carbonyl (C=O) groups excluding carboxylic acids is 2. The van der Waals surface area contributed by atoms with E-state index in [0.717, 1.165) is 17.0 Å². The van der Waals surface area contributed by atoms with Crippen LogP contribution in [0.5, 0.6) is 5.75 Å². The van der Waals surface area contributed by atoms with E-state index in [-0.39, 0.29) is 30.6 Å². The Morgan fingerprint density at radius 1 is 1.13 bits per heavy atom. The van der Waals surface area contributed by atoms with Gasteiger partial charge in [0.05, 0.1) is 18.4 Å². The van der Waals surface area contributed by atoms with E-state index in [1.807, 2.05) is 0 Å². The van der Waals surface area contributed by atoms with E-state index in [2.05, 4.69) is 9.47 Å². The van der Waals surface area contributed by atoms with Gasteiger partial charge in [0.2, 0.25) is 0 Å². The third-order valence-corrected chi connectivity index (χ3v) is 3.64. The Hall–Kier alpha value is -2.98. The van der Waals surface area contributed by atoms with E-state index in [4.69, 9.17) is 4.74 Å². The molecule has 0 saturated carbocycles. The largest absolute Gasteiger partial charge is 0.573 e.